The molecule has 0 aliphatic carbocycles. The summed E-state index contributed by atoms with van der Waals surface area (Å²) in [6.07, 6.45) is 4.23. The normalized spacial score (nSPS) is 15.1. The number of carbonyl (C=O) groups is 1. The number of benzene rings is 2. The summed E-state index contributed by atoms with van der Waals surface area (Å²) in [5, 5.41) is 7.64. The maximum absolute atomic E-state index is 13.9. The van der Waals surface area contributed by atoms with Gasteiger partial charge in [0.1, 0.15) is 5.82 Å². The molecular formula is C22H21FN4O2. The van der Waals surface area contributed by atoms with Crippen molar-refractivity contribution in [2.75, 3.05) is 32.7 Å². The Kier molecular flexibility index (Phi) is 5.76. The number of hydrogen-bond donors (Lipinski definition) is 0. The molecule has 1 aliphatic rings. The highest BCUT2D eigenvalue weighted by molar-refractivity contribution is 5.89. The Bertz CT molecular complexity index is 995. The van der Waals surface area contributed by atoms with Crippen molar-refractivity contribution in [2.24, 2.45) is 0 Å². The second kappa shape index (κ2) is 8.79. The molecule has 7 heteroatoms. The Hall–Kier alpha value is -3.32. The van der Waals surface area contributed by atoms with Crippen molar-refractivity contribution < 1.29 is 13.6 Å². The summed E-state index contributed by atoms with van der Waals surface area (Å²) in [4.78, 5) is 16.6. The SMILES string of the molecule is O=C(c1nnc(-c2ccccc2F)o1)N1CCN(C/C=C/c2ccccc2)CC1. The van der Waals surface area contributed by atoms with Crippen molar-refractivity contribution >= 4 is 12.0 Å². The number of hydrogen-bond acceptors (Lipinski definition) is 5. The van der Waals surface area contributed by atoms with E-state index in [-0.39, 0.29) is 23.3 Å². The van der Waals surface area contributed by atoms with Crippen LogP contribution in [-0.2, 0) is 0 Å². The van der Waals surface area contributed by atoms with Gasteiger partial charge in [0.15, 0.2) is 0 Å². The zero-order valence-corrected chi connectivity index (χ0v) is 15.9. The average molecular weight is 392 g/mol. The smallest absolute Gasteiger partial charge is 0.311 e. The van der Waals surface area contributed by atoms with Gasteiger partial charge in [0.05, 0.1) is 5.56 Å². The van der Waals surface area contributed by atoms with E-state index in [1.165, 1.54) is 11.6 Å². The van der Waals surface area contributed by atoms with Gasteiger partial charge in [-0.3, -0.25) is 9.69 Å². The van der Waals surface area contributed by atoms with Gasteiger partial charge in [-0.2, -0.15) is 0 Å². The largest absolute Gasteiger partial charge is 0.412 e. The van der Waals surface area contributed by atoms with Crippen molar-refractivity contribution in [3.05, 3.63) is 77.9 Å². The lowest BCUT2D eigenvalue weighted by molar-refractivity contribution is 0.0611. The molecule has 0 N–H and O–H groups in total. The molecule has 4 rings (SSSR count). The molecule has 148 valence electrons. The minimum atomic E-state index is -0.465. The summed E-state index contributed by atoms with van der Waals surface area (Å²) in [5.41, 5.74) is 1.36. The van der Waals surface area contributed by atoms with E-state index in [1.807, 2.05) is 18.2 Å². The van der Waals surface area contributed by atoms with Crippen molar-refractivity contribution in [3.8, 4) is 11.5 Å². The van der Waals surface area contributed by atoms with Crippen LogP contribution in [0, 0.1) is 5.82 Å². The Morgan fingerprint density at radius 2 is 1.72 bits per heavy atom. The second-order valence-electron chi connectivity index (χ2n) is 6.80. The zero-order valence-electron chi connectivity index (χ0n) is 15.9. The fraction of sp³-hybridized carbons (Fsp3) is 0.227. The third-order valence-electron chi connectivity index (χ3n) is 4.85. The summed E-state index contributed by atoms with van der Waals surface area (Å²) in [5.74, 6) is -0.885. The van der Waals surface area contributed by atoms with Crippen LogP contribution < -0.4 is 0 Å². The lowest BCUT2D eigenvalue weighted by atomic mass is 10.2. The Morgan fingerprint density at radius 3 is 2.48 bits per heavy atom. The molecule has 0 bridgehead atoms. The van der Waals surface area contributed by atoms with Gasteiger partial charge in [0, 0.05) is 32.7 Å². The molecule has 2 heterocycles. The number of rotatable bonds is 5. The Balaban J connectivity index is 1.31. The van der Waals surface area contributed by atoms with E-state index in [4.69, 9.17) is 4.42 Å². The van der Waals surface area contributed by atoms with E-state index >= 15 is 0 Å². The number of piperazine rings is 1. The molecule has 0 unspecified atom stereocenters. The minimum Gasteiger partial charge on any atom is -0.412 e. The van der Waals surface area contributed by atoms with Crippen LogP contribution in [0.5, 0.6) is 0 Å². The molecule has 1 aliphatic heterocycles. The van der Waals surface area contributed by atoms with E-state index in [0.29, 0.717) is 13.1 Å². The summed E-state index contributed by atoms with van der Waals surface area (Å²) < 4.78 is 19.3. The predicted molar refractivity (Wildman–Crippen MR) is 108 cm³/mol. The lowest BCUT2D eigenvalue weighted by Crippen LogP contribution is -2.48. The molecule has 1 aromatic heterocycles. The minimum absolute atomic E-state index is 0.0103. The van der Waals surface area contributed by atoms with Crippen LogP contribution in [0.3, 0.4) is 0 Å². The van der Waals surface area contributed by atoms with Crippen molar-refractivity contribution in [2.45, 2.75) is 0 Å². The first-order valence-electron chi connectivity index (χ1n) is 9.52. The highest BCUT2D eigenvalue weighted by Crippen LogP contribution is 2.21. The number of nitrogens with zero attached hydrogens (tertiary/aromatic N) is 4. The quantitative estimate of drug-likeness (QED) is 0.666. The molecule has 1 fully saturated rings. The first-order valence-corrected chi connectivity index (χ1v) is 9.52. The summed E-state index contributed by atoms with van der Waals surface area (Å²) >= 11 is 0. The summed E-state index contributed by atoms with van der Waals surface area (Å²) in [6, 6.07) is 16.3. The molecule has 0 saturated carbocycles. The van der Waals surface area contributed by atoms with Gasteiger partial charge in [-0.25, -0.2) is 4.39 Å². The molecule has 29 heavy (non-hydrogen) atoms. The summed E-state index contributed by atoms with van der Waals surface area (Å²) in [6.45, 7) is 3.51. The van der Waals surface area contributed by atoms with Crippen LogP contribution in [0.4, 0.5) is 4.39 Å². The lowest BCUT2D eigenvalue weighted by Gasteiger charge is -2.33. The zero-order chi connectivity index (χ0) is 20.1. The Morgan fingerprint density at radius 1 is 1.00 bits per heavy atom. The fourth-order valence-electron chi connectivity index (χ4n) is 3.22. The van der Waals surface area contributed by atoms with Gasteiger partial charge in [-0.15, -0.1) is 10.2 Å². The van der Waals surface area contributed by atoms with Gasteiger partial charge < -0.3 is 9.32 Å². The number of amides is 1. The molecular weight excluding hydrogens is 371 g/mol. The molecule has 0 spiro atoms. The van der Waals surface area contributed by atoms with E-state index in [0.717, 1.165) is 19.6 Å². The first kappa shape index (κ1) is 19.0. The van der Waals surface area contributed by atoms with E-state index in [1.54, 1.807) is 23.1 Å². The van der Waals surface area contributed by atoms with E-state index in [9.17, 15) is 9.18 Å². The molecule has 6 nitrogen and oxygen atoms in total. The van der Waals surface area contributed by atoms with Crippen LogP contribution in [-0.4, -0.2) is 58.6 Å². The molecule has 3 aromatic rings. The van der Waals surface area contributed by atoms with Gasteiger partial charge in [-0.05, 0) is 17.7 Å². The van der Waals surface area contributed by atoms with Crippen LogP contribution >= 0.6 is 0 Å². The van der Waals surface area contributed by atoms with Crippen LogP contribution in [0.2, 0.25) is 0 Å². The fourth-order valence-corrected chi connectivity index (χ4v) is 3.22. The van der Waals surface area contributed by atoms with Crippen molar-refractivity contribution in [3.63, 3.8) is 0 Å². The van der Waals surface area contributed by atoms with Crippen molar-refractivity contribution in [1.29, 1.82) is 0 Å². The maximum Gasteiger partial charge on any atom is 0.311 e. The topological polar surface area (TPSA) is 62.5 Å². The van der Waals surface area contributed by atoms with Gasteiger partial charge in [-0.1, -0.05) is 54.6 Å². The summed E-state index contributed by atoms with van der Waals surface area (Å²) in [7, 11) is 0. The first-order chi connectivity index (χ1) is 14.2. The number of aromatic nitrogens is 2. The predicted octanol–water partition coefficient (Wildman–Crippen LogP) is 3.35. The second-order valence-corrected chi connectivity index (χ2v) is 6.80. The van der Waals surface area contributed by atoms with Gasteiger partial charge in [0.2, 0.25) is 0 Å². The maximum atomic E-state index is 13.9. The van der Waals surface area contributed by atoms with Crippen molar-refractivity contribution in [1.82, 2.24) is 20.0 Å². The molecule has 0 atom stereocenters. The van der Waals surface area contributed by atoms with Gasteiger partial charge >= 0.3 is 11.8 Å². The highest BCUT2D eigenvalue weighted by atomic mass is 19.1. The van der Waals surface area contributed by atoms with Crippen LogP contribution in [0.1, 0.15) is 16.2 Å². The Labute approximate surface area is 168 Å². The standard InChI is InChI=1S/C22H21FN4O2/c23-19-11-5-4-10-18(19)20-24-25-21(29-20)22(28)27-15-13-26(14-16-27)12-6-9-17-7-2-1-3-8-17/h1-11H,12-16H2/b9-6+. The monoisotopic (exact) mass is 392 g/mol. The molecule has 1 amide bonds. The van der Waals surface area contributed by atoms with E-state index in [2.05, 4.69) is 39.4 Å². The average Bonchev–Trinajstić information content (AvgIpc) is 3.25. The molecule has 1 saturated heterocycles. The van der Waals surface area contributed by atoms with Crippen LogP contribution in [0.15, 0.2) is 65.1 Å². The number of carbonyl (C=O) groups excluding carboxylic acids is 1. The third kappa shape index (κ3) is 4.57. The van der Waals surface area contributed by atoms with E-state index < -0.39 is 5.82 Å². The number of halogens is 1. The molecule has 0 radical (unpaired) electrons. The third-order valence-corrected chi connectivity index (χ3v) is 4.85. The highest BCUT2D eigenvalue weighted by Gasteiger charge is 2.26. The molecule has 2 aromatic carbocycles. The van der Waals surface area contributed by atoms with Gasteiger partial charge in [0.25, 0.3) is 5.89 Å². The van der Waals surface area contributed by atoms with Crippen LogP contribution in [0.25, 0.3) is 17.5 Å².